The standard InChI is InChI=1S/C8H16O5/c1-4-6(10)7(11)5(3-9)13-8(4)12-2/h4-11H,3H2,1-2H3/t4?,5?,6-,7+,8?/m1/s1. The first kappa shape index (κ1) is 10.9. The van der Waals surface area contributed by atoms with Crippen LogP contribution in [0.4, 0.5) is 0 Å². The minimum Gasteiger partial charge on any atom is -0.394 e. The van der Waals surface area contributed by atoms with Crippen LogP contribution in [0, 0.1) is 5.92 Å². The van der Waals surface area contributed by atoms with Gasteiger partial charge in [0, 0.05) is 13.0 Å². The molecule has 0 aliphatic carbocycles. The third kappa shape index (κ3) is 2.00. The molecule has 5 atom stereocenters. The number of aliphatic hydroxyl groups is 3. The molecule has 78 valence electrons. The first-order valence-electron chi connectivity index (χ1n) is 4.27. The van der Waals surface area contributed by atoms with E-state index in [1.165, 1.54) is 7.11 Å². The Kier molecular flexibility index (Phi) is 3.63. The summed E-state index contributed by atoms with van der Waals surface area (Å²) in [5.74, 6) is -0.303. The molecule has 1 saturated heterocycles. The summed E-state index contributed by atoms with van der Waals surface area (Å²) in [4.78, 5) is 0. The minimum absolute atomic E-state index is 0.303. The molecule has 0 bridgehead atoms. The molecule has 0 amide bonds. The van der Waals surface area contributed by atoms with Crippen LogP contribution in [0.5, 0.6) is 0 Å². The van der Waals surface area contributed by atoms with Crippen molar-refractivity contribution < 1.29 is 24.8 Å². The highest BCUT2D eigenvalue weighted by molar-refractivity contribution is 4.86. The number of ether oxygens (including phenoxy) is 2. The third-order valence-electron chi connectivity index (χ3n) is 2.42. The van der Waals surface area contributed by atoms with Gasteiger partial charge in [0.25, 0.3) is 0 Å². The molecule has 1 heterocycles. The van der Waals surface area contributed by atoms with Crippen molar-refractivity contribution in [2.75, 3.05) is 13.7 Å². The Morgan fingerprint density at radius 1 is 1.31 bits per heavy atom. The molecule has 1 aliphatic rings. The third-order valence-corrected chi connectivity index (χ3v) is 2.42. The highest BCUT2D eigenvalue weighted by Gasteiger charge is 2.41. The van der Waals surface area contributed by atoms with Crippen molar-refractivity contribution in [3.8, 4) is 0 Å². The van der Waals surface area contributed by atoms with Crippen molar-refractivity contribution in [3.63, 3.8) is 0 Å². The summed E-state index contributed by atoms with van der Waals surface area (Å²) in [5.41, 5.74) is 0. The van der Waals surface area contributed by atoms with Crippen molar-refractivity contribution in [2.45, 2.75) is 31.5 Å². The highest BCUT2D eigenvalue weighted by atomic mass is 16.7. The van der Waals surface area contributed by atoms with Crippen LogP contribution in [0.2, 0.25) is 0 Å². The summed E-state index contributed by atoms with van der Waals surface area (Å²) in [7, 11) is 1.46. The van der Waals surface area contributed by atoms with Gasteiger partial charge in [-0.15, -0.1) is 0 Å². The van der Waals surface area contributed by atoms with Gasteiger partial charge in [-0.25, -0.2) is 0 Å². The largest absolute Gasteiger partial charge is 0.394 e. The molecule has 5 nitrogen and oxygen atoms in total. The van der Waals surface area contributed by atoms with Gasteiger partial charge in [-0.05, 0) is 0 Å². The summed E-state index contributed by atoms with van der Waals surface area (Å²) in [6, 6.07) is 0. The van der Waals surface area contributed by atoms with E-state index in [0.717, 1.165) is 0 Å². The fourth-order valence-corrected chi connectivity index (χ4v) is 1.49. The van der Waals surface area contributed by atoms with Crippen molar-refractivity contribution in [2.24, 2.45) is 5.92 Å². The zero-order chi connectivity index (χ0) is 10.0. The molecule has 0 aromatic heterocycles. The van der Waals surface area contributed by atoms with E-state index in [2.05, 4.69) is 0 Å². The van der Waals surface area contributed by atoms with E-state index >= 15 is 0 Å². The fraction of sp³-hybridized carbons (Fsp3) is 1.00. The molecular formula is C8H16O5. The Bertz CT molecular complexity index is 143. The lowest BCUT2D eigenvalue weighted by molar-refractivity contribution is -0.274. The molecule has 3 N–H and O–H groups in total. The van der Waals surface area contributed by atoms with Crippen LogP contribution in [0.1, 0.15) is 6.92 Å². The van der Waals surface area contributed by atoms with Gasteiger partial charge in [-0.2, -0.15) is 0 Å². The maximum atomic E-state index is 9.53. The zero-order valence-electron chi connectivity index (χ0n) is 7.75. The number of methoxy groups -OCH3 is 1. The molecule has 0 radical (unpaired) electrons. The summed E-state index contributed by atoms with van der Waals surface area (Å²) in [5, 5.41) is 27.8. The lowest BCUT2D eigenvalue weighted by Crippen LogP contribution is -2.55. The van der Waals surface area contributed by atoms with Crippen LogP contribution in [0.3, 0.4) is 0 Å². The van der Waals surface area contributed by atoms with Gasteiger partial charge in [0.2, 0.25) is 0 Å². The van der Waals surface area contributed by atoms with Gasteiger partial charge >= 0.3 is 0 Å². The monoisotopic (exact) mass is 192 g/mol. The van der Waals surface area contributed by atoms with Crippen molar-refractivity contribution in [3.05, 3.63) is 0 Å². The Morgan fingerprint density at radius 2 is 1.92 bits per heavy atom. The molecule has 3 unspecified atom stereocenters. The van der Waals surface area contributed by atoms with Gasteiger partial charge in [-0.1, -0.05) is 6.92 Å². The van der Waals surface area contributed by atoms with Crippen LogP contribution < -0.4 is 0 Å². The smallest absolute Gasteiger partial charge is 0.162 e. The highest BCUT2D eigenvalue weighted by Crippen LogP contribution is 2.25. The van der Waals surface area contributed by atoms with E-state index in [4.69, 9.17) is 14.6 Å². The van der Waals surface area contributed by atoms with Crippen LogP contribution in [0.15, 0.2) is 0 Å². The number of aliphatic hydroxyl groups excluding tert-OH is 3. The summed E-state index contributed by atoms with van der Waals surface area (Å²) >= 11 is 0. The van der Waals surface area contributed by atoms with E-state index in [1.54, 1.807) is 6.92 Å². The number of hydrogen-bond donors (Lipinski definition) is 3. The molecule has 0 saturated carbocycles. The van der Waals surface area contributed by atoms with Crippen LogP contribution >= 0.6 is 0 Å². The first-order valence-corrected chi connectivity index (χ1v) is 4.27. The lowest BCUT2D eigenvalue weighted by atomic mass is 9.93. The molecule has 1 aliphatic heterocycles. The maximum absolute atomic E-state index is 9.53. The SMILES string of the molecule is COC1OC(CO)[C@H](O)[C@H](O)C1C. The zero-order valence-corrected chi connectivity index (χ0v) is 7.75. The number of rotatable bonds is 2. The van der Waals surface area contributed by atoms with Crippen molar-refractivity contribution in [1.82, 2.24) is 0 Å². The molecule has 0 aromatic rings. The summed E-state index contributed by atoms with van der Waals surface area (Å²) in [6.07, 6.45) is -3.31. The lowest BCUT2D eigenvalue weighted by Gasteiger charge is -2.40. The predicted molar refractivity (Wildman–Crippen MR) is 43.9 cm³/mol. The van der Waals surface area contributed by atoms with Gasteiger partial charge in [0.05, 0.1) is 12.7 Å². The second-order valence-corrected chi connectivity index (χ2v) is 3.30. The van der Waals surface area contributed by atoms with Gasteiger partial charge in [-0.3, -0.25) is 0 Å². The van der Waals surface area contributed by atoms with Crippen LogP contribution in [-0.4, -0.2) is 53.6 Å². The molecule has 1 fully saturated rings. The van der Waals surface area contributed by atoms with Crippen molar-refractivity contribution in [1.29, 1.82) is 0 Å². The second-order valence-electron chi connectivity index (χ2n) is 3.30. The first-order chi connectivity index (χ1) is 6.11. The van der Waals surface area contributed by atoms with E-state index in [0.29, 0.717) is 0 Å². The van der Waals surface area contributed by atoms with Gasteiger partial charge in [0.1, 0.15) is 12.2 Å². The van der Waals surface area contributed by atoms with Crippen LogP contribution in [0.25, 0.3) is 0 Å². The predicted octanol–water partition coefficient (Wildman–Crippen LogP) is -1.29. The fourth-order valence-electron chi connectivity index (χ4n) is 1.49. The topological polar surface area (TPSA) is 79.2 Å². The van der Waals surface area contributed by atoms with Crippen LogP contribution in [-0.2, 0) is 9.47 Å². The van der Waals surface area contributed by atoms with E-state index in [-0.39, 0.29) is 12.5 Å². The molecular weight excluding hydrogens is 176 g/mol. The number of hydrogen-bond acceptors (Lipinski definition) is 5. The Labute approximate surface area is 76.9 Å². The van der Waals surface area contributed by atoms with E-state index in [1.807, 2.05) is 0 Å². The van der Waals surface area contributed by atoms with E-state index in [9.17, 15) is 10.2 Å². The Balaban J connectivity index is 2.66. The normalized spacial score (nSPS) is 46.4. The minimum atomic E-state index is -1.05. The van der Waals surface area contributed by atoms with Gasteiger partial charge in [0.15, 0.2) is 6.29 Å². The average molecular weight is 192 g/mol. The molecule has 1 rings (SSSR count). The maximum Gasteiger partial charge on any atom is 0.162 e. The quantitative estimate of drug-likeness (QED) is 0.507. The molecule has 0 aromatic carbocycles. The summed E-state index contributed by atoms with van der Waals surface area (Å²) < 4.78 is 10.1. The molecule has 5 heteroatoms. The summed E-state index contributed by atoms with van der Waals surface area (Å²) in [6.45, 7) is 1.39. The Morgan fingerprint density at radius 3 is 2.38 bits per heavy atom. The molecule has 0 spiro atoms. The average Bonchev–Trinajstić information content (AvgIpc) is 2.15. The molecule has 13 heavy (non-hydrogen) atoms. The second kappa shape index (κ2) is 4.34. The van der Waals surface area contributed by atoms with Crippen molar-refractivity contribution >= 4 is 0 Å². The Hall–Kier alpha value is -0.200. The van der Waals surface area contributed by atoms with E-state index < -0.39 is 24.6 Å². The van der Waals surface area contributed by atoms with Gasteiger partial charge < -0.3 is 24.8 Å².